The van der Waals surface area contributed by atoms with Gasteiger partial charge < -0.3 is 9.64 Å². The molecule has 4 heteroatoms. The second-order valence-corrected chi connectivity index (χ2v) is 8.43. The number of carbonyl (C=O) groups excluding carboxylic acids is 1. The van der Waals surface area contributed by atoms with Crippen molar-refractivity contribution in [2.24, 2.45) is 16.7 Å². The van der Waals surface area contributed by atoms with Crippen LogP contribution in [-0.4, -0.2) is 61.1 Å². The minimum Gasteiger partial charge on any atom is -0.381 e. The van der Waals surface area contributed by atoms with Crippen LogP contribution in [0.1, 0.15) is 47.0 Å². The Morgan fingerprint density at radius 2 is 1.59 bits per heavy atom. The number of hydrogen-bond acceptors (Lipinski definition) is 3. The summed E-state index contributed by atoms with van der Waals surface area (Å²) in [5, 5.41) is 0. The average molecular weight is 308 g/mol. The SMILES string of the molecule is CC1(C)C(C(=O)N2CCCN(C3CCOCC3)CC2)C1(C)C. The first-order valence-electron chi connectivity index (χ1n) is 8.96. The molecule has 0 radical (unpaired) electrons. The normalized spacial score (nSPS) is 30.1. The van der Waals surface area contributed by atoms with Crippen molar-refractivity contribution in [3.63, 3.8) is 0 Å². The standard InChI is InChI=1S/C18H32N2O2/c1-17(2)15(18(17,3)4)16(21)20-9-5-8-19(10-11-20)14-6-12-22-13-7-14/h14-15H,5-13H2,1-4H3. The molecule has 4 nitrogen and oxygen atoms in total. The van der Waals surface area contributed by atoms with Crippen molar-refractivity contribution in [2.45, 2.75) is 53.0 Å². The zero-order chi connectivity index (χ0) is 16.0. The summed E-state index contributed by atoms with van der Waals surface area (Å²) in [6, 6.07) is 0.664. The summed E-state index contributed by atoms with van der Waals surface area (Å²) in [4.78, 5) is 17.7. The molecule has 3 aliphatic rings. The zero-order valence-electron chi connectivity index (χ0n) is 14.7. The summed E-state index contributed by atoms with van der Waals surface area (Å²) >= 11 is 0. The maximum absolute atomic E-state index is 12.9. The number of amides is 1. The van der Waals surface area contributed by atoms with Gasteiger partial charge in [0.2, 0.25) is 5.91 Å². The summed E-state index contributed by atoms with van der Waals surface area (Å²) < 4.78 is 5.48. The summed E-state index contributed by atoms with van der Waals surface area (Å²) in [5.41, 5.74) is 0.299. The van der Waals surface area contributed by atoms with E-state index >= 15 is 0 Å². The van der Waals surface area contributed by atoms with Crippen LogP contribution in [-0.2, 0) is 9.53 Å². The van der Waals surface area contributed by atoms with Gasteiger partial charge in [0.15, 0.2) is 0 Å². The molecule has 0 aromatic carbocycles. The van der Waals surface area contributed by atoms with Crippen molar-refractivity contribution in [2.75, 3.05) is 39.4 Å². The Morgan fingerprint density at radius 1 is 0.955 bits per heavy atom. The van der Waals surface area contributed by atoms with Gasteiger partial charge in [-0.15, -0.1) is 0 Å². The summed E-state index contributed by atoms with van der Waals surface area (Å²) in [6.45, 7) is 14.7. The van der Waals surface area contributed by atoms with Crippen LogP contribution in [0.2, 0.25) is 0 Å². The maximum atomic E-state index is 12.9. The molecule has 2 aliphatic heterocycles. The third-order valence-corrected chi connectivity index (χ3v) is 6.82. The van der Waals surface area contributed by atoms with Gasteiger partial charge in [0.25, 0.3) is 0 Å². The van der Waals surface area contributed by atoms with E-state index in [0.29, 0.717) is 11.9 Å². The lowest BCUT2D eigenvalue weighted by Gasteiger charge is -2.33. The largest absolute Gasteiger partial charge is 0.381 e. The van der Waals surface area contributed by atoms with E-state index in [4.69, 9.17) is 4.74 Å². The summed E-state index contributed by atoms with van der Waals surface area (Å²) in [6.07, 6.45) is 3.41. The van der Waals surface area contributed by atoms with E-state index in [1.807, 2.05) is 0 Å². The van der Waals surface area contributed by atoms with Crippen LogP contribution < -0.4 is 0 Å². The van der Waals surface area contributed by atoms with E-state index in [9.17, 15) is 4.79 Å². The molecular formula is C18H32N2O2. The van der Waals surface area contributed by atoms with E-state index < -0.39 is 0 Å². The highest BCUT2D eigenvalue weighted by atomic mass is 16.5. The molecule has 0 aromatic heterocycles. The molecule has 0 N–H and O–H groups in total. The number of rotatable bonds is 2. The molecule has 0 atom stereocenters. The molecule has 3 rings (SSSR count). The monoisotopic (exact) mass is 308 g/mol. The minimum atomic E-state index is 0.150. The molecule has 0 spiro atoms. The first-order valence-corrected chi connectivity index (χ1v) is 8.96. The van der Waals surface area contributed by atoms with Crippen LogP contribution in [0.15, 0.2) is 0 Å². The number of nitrogens with zero attached hydrogens (tertiary/aromatic N) is 2. The van der Waals surface area contributed by atoms with Gasteiger partial charge in [0, 0.05) is 51.4 Å². The van der Waals surface area contributed by atoms with Gasteiger partial charge in [-0.1, -0.05) is 27.7 Å². The van der Waals surface area contributed by atoms with Crippen molar-refractivity contribution in [1.82, 2.24) is 9.80 Å². The Labute approximate surface area is 135 Å². The minimum absolute atomic E-state index is 0.150. The van der Waals surface area contributed by atoms with Crippen molar-refractivity contribution in [3.8, 4) is 0 Å². The Bertz CT molecular complexity index is 413. The topological polar surface area (TPSA) is 32.8 Å². The fourth-order valence-corrected chi connectivity index (χ4v) is 4.57. The highest BCUT2D eigenvalue weighted by Crippen LogP contribution is 2.68. The van der Waals surface area contributed by atoms with Crippen LogP contribution in [0.4, 0.5) is 0 Å². The predicted molar refractivity (Wildman–Crippen MR) is 87.7 cm³/mol. The second-order valence-electron chi connectivity index (χ2n) is 8.43. The third kappa shape index (κ3) is 2.69. The first kappa shape index (κ1) is 16.3. The van der Waals surface area contributed by atoms with Gasteiger partial charge in [0.05, 0.1) is 0 Å². The van der Waals surface area contributed by atoms with E-state index in [1.165, 1.54) is 0 Å². The Morgan fingerprint density at radius 3 is 2.18 bits per heavy atom. The van der Waals surface area contributed by atoms with Gasteiger partial charge in [0.1, 0.15) is 0 Å². The third-order valence-electron chi connectivity index (χ3n) is 6.82. The van der Waals surface area contributed by atoms with Gasteiger partial charge in [-0.3, -0.25) is 9.69 Å². The van der Waals surface area contributed by atoms with E-state index in [0.717, 1.165) is 58.7 Å². The average Bonchev–Trinajstić information content (AvgIpc) is 3.02. The molecule has 2 heterocycles. The van der Waals surface area contributed by atoms with Gasteiger partial charge in [-0.05, 0) is 30.1 Å². The van der Waals surface area contributed by atoms with E-state index in [1.54, 1.807) is 0 Å². The molecule has 0 unspecified atom stereocenters. The smallest absolute Gasteiger partial charge is 0.226 e. The van der Waals surface area contributed by atoms with Gasteiger partial charge in [-0.2, -0.15) is 0 Å². The number of hydrogen-bond donors (Lipinski definition) is 0. The Balaban J connectivity index is 1.58. The lowest BCUT2D eigenvalue weighted by molar-refractivity contribution is -0.133. The van der Waals surface area contributed by atoms with Crippen LogP contribution in [0.3, 0.4) is 0 Å². The molecule has 22 heavy (non-hydrogen) atoms. The van der Waals surface area contributed by atoms with Crippen LogP contribution in [0.25, 0.3) is 0 Å². The second kappa shape index (κ2) is 5.79. The molecule has 1 aliphatic carbocycles. The Kier molecular flexibility index (Phi) is 4.28. The fraction of sp³-hybridized carbons (Fsp3) is 0.944. The highest BCUT2D eigenvalue weighted by molar-refractivity contribution is 5.84. The number of ether oxygens (including phenoxy) is 1. The molecule has 1 amide bonds. The highest BCUT2D eigenvalue weighted by Gasteiger charge is 2.68. The van der Waals surface area contributed by atoms with Crippen molar-refractivity contribution in [1.29, 1.82) is 0 Å². The summed E-state index contributed by atoms with van der Waals surface area (Å²) in [7, 11) is 0. The van der Waals surface area contributed by atoms with E-state index in [2.05, 4.69) is 37.5 Å². The lowest BCUT2D eigenvalue weighted by atomic mass is 10.0. The molecule has 3 fully saturated rings. The molecule has 1 saturated carbocycles. The van der Waals surface area contributed by atoms with Crippen molar-refractivity contribution in [3.05, 3.63) is 0 Å². The van der Waals surface area contributed by atoms with Crippen LogP contribution in [0, 0.1) is 16.7 Å². The lowest BCUT2D eigenvalue weighted by Crippen LogP contribution is -2.42. The molecule has 126 valence electrons. The predicted octanol–water partition coefficient (Wildman–Crippen LogP) is 2.38. The van der Waals surface area contributed by atoms with Gasteiger partial charge >= 0.3 is 0 Å². The van der Waals surface area contributed by atoms with Crippen LogP contribution >= 0.6 is 0 Å². The molecule has 2 saturated heterocycles. The molecular weight excluding hydrogens is 276 g/mol. The quantitative estimate of drug-likeness (QED) is 0.785. The van der Waals surface area contributed by atoms with Crippen molar-refractivity contribution >= 4 is 5.91 Å². The molecule has 0 aromatic rings. The fourth-order valence-electron chi connectivity index (χ4n) is 4.57. The molecule has 0 bridgehead atoms. The maximum Gasteiger partial charge on any atom is 0.226 e. The van der Waals surface area contributed by atoms with Crippen molar-refractivity contribution < 1.29 is 9.53 Å². The van der Waals surface area contributed by atoms with Crippen LogP contribution in [0.5, 0.6) is 0 Å². The Hall–Kier alpha value is -0.610. The number of carbonyl (C=O) groups is 1. The first-order chi connectivity index (χ1) is 10.4. The van der Waals surface area contributed by atoms with Gasteiger partial charge in [-0.25, -0.2) is 0 Å². The van der Waals surface area contributed by atoms with E-state index in [-0.39, 0.29) is 16.7 Å². The summed E-state index contributed by atoms with van der Waals surface area (Å²) in [5.74, 6) is 0.596. The zero-order valence-corrected chi connectivity index (χ0v) is 14.7.